The molecule has 2 aromatic rings. The van der Waals surface area contributed by atoms with Crippen LogP contribution in [0.1, 0.15) is 47.2 Å². The molecular weight excluding hydrogens is 445 g/mol. The van der Waals surface area contributed by atoms with E-state index in [1.165, 1.54) is 24.3 Å². The zero-order valence-corrected chi connectivity index (χ0v) is 18.7. The topological polar surface area (TPSA) is 128 Å². The molecule has 4 rings (SSSR count). The van der Waals surface area contributed by atoms with Gasteiger partial charge in [0, 0.05) is 26.2 Å². The Morgan fingerprint density at radius 1 is 1.09 bits per heavy atom. The number of ether oxygens (including phenoxy) is 1. The first-order valence-electron chi connectivity index (χ1n) is 11.3. The molecule has 1 atom stereocenters. The number of benzene rings is 1. The molecule has 3 heterocycles. The number of nitrogens with one attached hydrogen (secondary N) is 1. The molecule has 2 aliphatic heterocycles. The van der Waals surface area contributed by atoms with Crippen molar-refractivity contribution in [1.29, 1.82) is 0 Å². The highest BCUT2D eigenvalue weighted by atomic mass is 19.1. The number of nitrogens with zero attached hydrogens (tertiary/aromatic N) is 4. The van der Waals surface area contributed by atoms with E-state index in [9.17, 15) is 24.2 Å². The van der Waals surface area contributed by atoms with Crippen molar-refractivity contribution in [3.8, 4) is 11.6 Å². The van der Waals surface area contributed by atoms with Crippen molar-refractivity contribution in [3.05, 3.63) is 47.2 Å². The van der Waals surface area contributed by atoms with E-state index < -0.39 is 29.4 Å². The van der Waals surface area contributed by atoms with Gasteiger partial charge in [-0.25, -0.2) is 9.37 Å². The number of aromatic nitrogens is 2. The maximum atomic E-state index is 13.1. The summed E-state index contributed by atoms with van der Waals surface area (Å²) in [5.74, 6) is -2.53. The molecule has 34 heavy (non-hydrogen) atoms. The van der Waals surface area contributed by atoms with E-state index in [2.05, 4.69) is 15.3 Å². The minimum absolute atomic E-state index is 0.0756. The van der Waals surface area contributed by atoms with Gasteiger partial charge in [-0.3, -0.25) is 14.5 Å². The lowest BCUT2D eigenvalue weighted by Crippen LogP contribution is -2.47. The number of aromatic hydroxyl groups is 2. The van der Waals surface area contributed by atoms with Crippen LogP contribution in [-0.4, -0.2) is 81.2 Å². The third kappa shape index (κ3) is 5.60. The van der Waals surface area contributed by atoms with Gasteiger partial charge < -0.3 is 25.2 Å². The van der Waals surface area contributed by atoms with Crippen molar-refractivity contribution in [1.82, 2.24) is 25.1 Å². The molecule has 2 amide bonds. The van der Waals surface area contributed by atoms with Gasteiger partial charge in [0.15, 0.2) is 11.5 Å². The first kappa shape index (κ1) is 23.8. The van der Waals surface area contributed by atoms with Crippen molar-refractivity contribution in [2.75, 3.05) is 39.4 Å². The molecule has 0 bridgehead atoms. The first-order chi connectivity index (χ1) is 16.4. The number of hydrogen-bond donors (Lipinski definition) is 3. The molecule has 3 N–H and O–H groups in total. The average Bonchev–Trinajstić information content (AvgIpc) is 2.85. The van der Waals surface area contributed by atoms with Crippen molar-refractivity contribution in [2.45, 2.75) is 31.8 Å². The molecule has 11 heteroatoms. The van der Waals surface area contributed by atoms with Gasteiger partial charge in [0.2, 0.25) is 11.7 Å². The van der Waals surface area contributed by atoms with Gasteiger partial charge in [-0.05, 0) is 37.0 Å². The van der Waals surface area contributed by atoms with Crippen LogP contribution in [0.2, 0.25) is 0 Å². The number of morpholine rings is 1. The van der Waals surface area contributed by atoms with E-state index in [4.69, 9.17) is 4.74 Å². The number of likely N-dealkylation sites (tertiary alicyclic amines) is 1. The van der Waals surface area contributed by atoms with Crippen LogP contribution in [-0.2, 0) is 16.1 Å². The van der Waals surface area contributed by atoms with Crippen molar-refractivity contribution in [3.63, 3.8) is 0 Å². The highest BCUT2D eigenvalue weighted by Gasteiger charge is 2.33. The monoisotopic (exact) mass is 473 g/mol. The Kier molecular flexibility index (Phi) is 7.53. The summed E-state index contributed by atoms with van der Waals surface area (Å²) >= 11 is 0. The van der Waals surface area contributed by atoms with Crippen LogP contribution >= 0.6 is 0 Å². The van der Waals surface area contributed by atoms with Crippen LogP contribution in [0.5, 0.6) is 11.6 Å². The van der Waals surface area contributed by atoms with Gasteiger partial charge >= 0.3 is 0 Å². The van der Waals surface area contributed by atoms with E-state index in [0.29, 0.717) is 44.8 Å². The van der Waals surface area contributed by atoms with E-state index in [1.807, 2.05) is 4.90 Å². The number of hydrogen-bond acceptors (Lipinski definition) is 8. The van der Waals surface area contributed by atoms with Crippen molar-refractivity contribution >= 4 is 11.8 Å². The first-order valence-corrected chi connectivity index (χ1v) is 11.3. The molecule has 0 radical (unpaired) electrons. The standard InChI is InChI=1S/C23H28FN5O5/c24-16-6-4-15(5-7-16)13-25-22(32)19-20(31)23(33)27-21(26-19)17-3-1-2-8-29(17)18(30)14-28-9-11-34-12-10-28/h4-7,17,31H,1-3,8-14H2,(H,25,32)(H,26,27,33). The fourth-order valence-electron chi connectivity index (χ4n) is 4.18. The SMILES string of the molecule is O=C(NCc1ccc(F)cc1)c1nc(C2CCCCN2C(=O)CN2CCOCC2)nc(O)c1O. The summed E-state index contributed by atoms with van der Waals surface area (Å²) in [6.45, 7) is 3.37. The predicted octanol–water partition coefficient (Wildman–Crippen LogP) is 1.34. The minimum Gasteiger partial charge on any atom is -0.501 e. The van der Waals surface area contributed by atoms with Gasteiger partial charge in [0.1, 0.15) is 5.82 Å². The van der Waals surface area contributed by atoms with E-state index >= 15 is 0 Å². The largest absolute Gasteiger partial charge is 0.501 e. The Balaban J connectivity index is 1.51. The third-order valence-electron chi connectivity index (χ3n) is 6.05. The lowest BCUT2D eigenvalue weighted by atomic mass is 10.0. The average molecular weight is 474 g/mol. The van der Waals surface area contributed by atoms with Crippen molar-refractivity contribution < 1.29 is 28.9 Å². The fraction of sp³-hybridized carbons (Fsp3) is 0.478. The molecule has 0 saturated carbocycles. The second-order valence-electron chi connectivity index (χ2n) is 8.40. The molecule has 1 unspecified atom stereocenters. The van der Waals surface area contributed by atoms with Crippen LogP contribution in [0.4, 0.5) is 4.39 Å². The molecule has 1 aromatic heterocycles. The second-order valence-corrected chi connectivity index (χ2v) is 8.40. The number of piperidine rings is 1. The quantitative estimate of drug-likeness (QED) is 0.574. The van der Waals surface area contributed by atoms with Crippen molar-refractivity contribution in [2.24, 2.45) is 0 Å². The summed E-state index contributed by atoms with van der Waals surface area (Å²) in [6, 6.07) is 5.09. The Hall–Kier alpha value is -3.31. The summed E-state index contributed by atoms with van der Waals surface area (Å²) in [5, 5.41) is 23.0. The highest BCUT2D eigenvalue weighted by Crippen LogP contribution is 2.33. The number of carbonyl (C=O) groups excluding carboxylic acids is 2. The van der Waals surface area contributed by atoms with E-state index in [0.717, 1.165) is 12.8 Å². The Labute approximate surface area is 196 Å². The summed E-state index contributed by atoms with van der Waals surface area (Å²) < 4.78 is 18.4. The van der Waals surface area contributed by atoms with Crippen LogP contribution < -0.4 is 5.32 Å². The Bertz CT molecular complexity index is 1030. The molecule has 2 aliphatic rings. The van der Waals surface area contributed by atoms with Gasteiger partial charge in [-0.1, -0.05) is 12.1 Å². The Morgan fingerprint density at radius 3 is 2.56 bits per heavy atom. The number of rotatable bonds is 6. The lowest BCUT2D eigenvalue weighted by molar-refractivity contribution is -0.137. The zero-order chi connectivity index (χ0) is 24.1. The molecule has 0 aliphatic carbocycles. The molecule has 2 saturated heterocycles. The van der Waals surface area contributed by atoms with Crippen LogP contribution in [0.3, 0.4) is 0 Å². The lowest BCUT2D eigenvalue weighted by Gasteiger charge is -2.36. The molecule has 1 aromatic carbocycles. The van der Waals surface area contributed by atoms with Gasteiger partial charge in [0.25, 0.3) is 11.8 Å². The molecule has 182 valence electrons. The van der Waals surface area contributed by atoms with Gasteiger partial charge in [-0.2, -0.15) is 4.98 Å². The van der Waals surface area contributed by atoms with Crippen LogP contribution in [0, 0.1) is 5.82 Å². The van der Waals surface area contributed by atoms with Gasteiger partial charge in [-0.15, -0.1) is 0 Å². The smallest absolute Gasteiger partial charge is 0.274 e. The summed E-state index contributed by atoms with van der Waals surface area (Å²) in [6.07, 6.45) is 2.25. The molecular formula is C23H28FN5O5. The maximum absolute atomic E-state index is 13.1. The normalized spacial score (nSPS) is 19.1. The predicted molar refractivity (Wildman–Crippen MR) is 118 cm³/mol. The third-order valence-corrected chi connectivity index (χ3v) is 6.05. The highest BCUT2D eigenvalue weighted by molar-refractivity contribution is 5.95. The zero-order valence-electron chi connectivity index (χ0n) is 18.7. The second kappa shape index (κ2) is 10.7. The Morgan fingerprint density at radius 2 is 1.82 bits per heavy atom. The van der Waals surface area contributed by atoms with E-state index in [1.54, 1.807) is 4.90 Å². The molecule has 2 fully saturated rings. The molecule has 10 nitrogen and oxygen atoms in total. The summed E-state index contributed by atoms with van der Waals surface area (Å²) in [7, 11) is 0. The summed E-state index contributed by atoms with van der Waals surface area (Å²) in [4.78, 5) is 37.7. The maximum Gasteiger partial charge on any atom is 0.274 e. The minimum atomic E-state index is -0.734. The van der Waals surface area contributed by atoms with Crippen LogP contribution in [0.15, 0.2) is 24.3 Å². The fourth-order valence-corrected chi connectivity index (χ4v) is 4.18. The van der Waals surface area contributed by atoms with E-state index in [-0.39, 0.29) is 30.5 Å². The van der Waals surface area contributed by atoms with Gasteiger partial charge in [0.05, 0.1) is 25.8 Å². The van der Waals surface area contributed by atoms with Crippen LogP contribution in [0.25, 0.3) is 0 Å². The number of amides is 2. The number of halogens is 1. The molecule has 0 spiro atoms. The number of carbonyl (C=O) groups is 2. The summed E-state index contributed by atoms with van der Waals surface area (Å²) in [5.41, 5.74) is 0.274.